The maximum atomic E-state index is 4.92. The van der Waals surface area contributed by atoms with Gasteiger partial charge in [-0.25, -0.2) is 4.98 Å². The summed E-state index contributed by atoms with van der Waals surface area (Å²) in [6.45, 7) is 4.67. The molecule has 166 valence electrons. The summed E-state index contributed by atoms with van der Waals surface area (Å²) in [6, 6.07) is 4.95. The first-order chi connectivity index (χ1) is 14.8. The minimum Gasteiger partial charge on any atom is -0.356 e. The summed E-state index contributed by atoms with van der Waals surface area (Å²) in [6.07, 6.45) is 16.6. The van der Waals surface area contributed by atoms with E-state index in [2.05, 4.69) is 38.1 Å². The van der Waals surface area contributed by atoms with Crippen LogP contribution in [0.1, 0.15) is 70.6 Å². The van der Waals surface area contributed by atoms with Crippen molar-refractivity contribution in [3.8, 4) is 0 Å². The second kappa shape index (κ2) is 9.39. The molecular weight excluding hydrogens is 372 g/mol. The maximum Gasteiger partial charge on any atom is 0.224 e. The Labute approximate surface area is 182 Å². The van der Waals surface area contributed by atoms with Gasteiger partial charge in [0.05, 0.1) is 0 Å². The van der Waals surface area contributed by atoms with Crippen LogP contribution in [0.15, 0.2) is 12.3 Å². The van der Waals surface area contributed by atoms with E-state index in [-0.39, 0.29) is 0 Å². The minimum absolute atomic E-state index is 0.462. The van der Waals surface area contributed by atoms with E-state index in [1.807, 2.05) is 6.20 Å². The molecule has 1 N–H and O–H groups in total. The Bertz CT molecular complexity index is 674. The Morgan fingerprint density at radius 3 is 2.37 bits per heavy atom. The van der Waals surface area contributed by atoms with Crippen molar-refractivity contribution in [1.82, 2.24) is 19.8 Å². The van der Waals surface area contributed by atoms with Gasteiger partial charge in [-0.05, 0) is 71.0 Å². The Kier molecular flexibility index (Phi) is 6.42. The van der Waals surface area contributed by atoms with Crippen LogP contribution < -0.4 is 10.2 Å². The van der Waals surface area contributed by atoms with E-state index >= 15 is 0 Å². The lowest BCUT2D eigenvalue weighted by Gasteiger charge is -2.42. The molecule has 5 heterocycles. The fourth-order valence-electron chi connectivity index (χ4n) is 6.38. The van der Waals surface area contributed by atoms with Crippen LogP contribution in [0.5, 0.6) is 0 Å². The van der Waals surface area contributed by atoms with Crippen molar-refractivity contribution in [3.05, 3.63) is 12.3 Å². The highest BCUT2D eigenvalue weighted by Crippen LogP contribution is 2.37. The molecule has 6 heteroatoms. The Morgan fingerprint density at radius 1 is 0.867 bits per heavy atom. The van der Waals surface area contributed by atoms with Gasteiger partial charge in [0.25, 0.3) is 0 Å². The predicted octanol–water partition coefficient (Wildman–Crippen LogP) is 3.75. The normalized spacial score (nSPS) is 33.8. The lowest BCUT2D eigenvalue weighted by Crippen LogP contribution is -2.51. The molecule has 0 spiro atoms. The van der Waals surface area contributed by atoms with Gasteiger partial charge in [0, 0.05) is 50.0 Å². The number of nitrogens with one attached hydrogen (secondary N) is 1. The molecule has 2 unspecified atom stereocenters. The monoisotopic (exact) mass is 412 g/mol. The van der Waals surface area contributed by atoms with E-state index < -0.39 is 0 Å². The summed E-state index contributed by atoms with van der Waals surface area (Å²) < 4.78 is 0. The Hall–Kier alpha value is -1.40. The van der Waals surface area contributed by atoms with Gasteiger partial charge in [-0.1, -0.05) is 19.3 Å². The lowest BCUT2D eigenvalue weighted by atomic mass is 9.96. The zero-order valence-electron chi connectivity index (χ0n) is 18.8. The predicted molar refractivity (Wildman–Crippen MR) is 123 cm³/mol. The summed E-state index contributed by atoms with van der Waals surface area (Å²) in [7, 11) is 2.35. The summed E-state index contributed by atoms with van der Waals surface area (Å²) in [5, 5.41) is 3.73. The molecule has 4 aliphatic heterocycles. The average molecular weight is 413 g/mol. The fourth-order valence-corrected chi connectivity index (χ4v) is 6.38. The number of aromatic nitrogens is 2. The molecule has 0 radical (unpaired) electrons. The molecule has 0 amide bonds. The quantitative estimate of drug-likeness (QED) is 0.813. The van der Waals surface area contributed by atoms with Crippen LogP contribution in [0, 0.1) is 0 Å². The van der Waals surface area contributed by atoms with E-state index in [0.717, 1.165) is 49.5 Å². The molecule has 0 aliphatic carbocycles. The molecule has 1 aromatic heterocycles. The number of piperidine rings is 1. The molecule has 6 nitrogen and oxygen atoms in total. The Balaban J connectivity index is 1.23. The lowest BCUT2D eigenvalue weighted by molar-refractivity contribution is 0.0760. The highest BCUT2D eigenvalue weighted by molar-refractivity contribution is 5.43. The fraction of sp³-hybridized carbons (Fsp3) is 0.833. The van der Waals surface area contributed by atoms with Gasteiger partial charge in [0.15, 0.2) is 0 Å². The summed E-state index contributed by atoms with van der Waals surface area (Å²) in [5.74, 6) is 1.93. The van der Waals surface area contributed by atoms with E-state index in [4.69, 9.17) is 4.98 Å². The number of likely N-dealkylation sites (tertiary alicyclic amines) is 1. The first kappa shape index (κ1) is 20.5. The van der Waals surface area contributed by atoms with E-state index in [9.17, 15) is 0 Å². The van der Waals surface area contributed by atoms with Crippen molar-refractivity contribution >= 4 is 11.8 Å². The summed E-state index contributed by atoms with van der Waals surface area (Å²) >= 11 is 0. The van der Waals surface area contributed by atoms with Crippen LogP contribution in [0.25, 0.3) is 0 Å². The molecule has 5 rings (SSSR count). The number of hydrogen-bond acceptors (Lipinski definition) is 6. The first-order valence-electron chi connectivity index (χ1n) is 12.6. The van der Waals surface area contributed by atoms with Gasteiger partial charge < -0.3 is 15.1 Å². The molecule has 30 heavy (non-hydrogen) atoms. The third-order valence-electron chi connectivity index (χ3n) is 8.20. The third-order valence-corrected chi connectivity index (χ3v) is 8.20. The van der Waals surface area contributed by atoms with Gasteiger partial charge in [-0.15, -0.1) is 0 Å². The van der Waals surface area contributed by atoms with Crippen molar-refractivity contribution in [3.63, 3.8) is 0 Å². The van der Waals surface area contributed by atoms with Crippen LogP contribution in [0.3, 0.4) is 0 Å². The molecular formula is C24H40N6. The first-order valence-corrected chi connectivity index (χ1v) is 12.6. The van der Waals surface area contributed by atoms with Crippen molar-refractivity contribution < 1.29 is 0 Å². The highest BCUT2D eigenvalue weighted by atomic mass is 15.3. The van der Waals surface area contributed by atoms with E-state index in [1.165, 1.54) is 77.2 Å². The number of nitrogens with zero attached hydrogens (tertiary/aromatic N) is 5. The SMILES string of the molecule is CN1[C@@H]2CC[C@H]1CC(N1CCCCC(Nc3nccc(N4CCCCCC4)n3)C1)C2. The molecule has 4 saturated heterocycles. The van der Waals surface area contributed by atoms with Crippen LogP contribution >= 0.6 is 0 Å². The van der Waals surface area contributed by atoms with Gasteiger partial charge in [0.1, 0.15) is 5.82 Å². The van der Waals surface area contributed by atoms with Crippen LogP contribution in [0.2, 0.25) is 0 Å². The molecule has 4 aliphatic rings. The second-order valence-electron chi connectivity index (χ2n) is 10.1. The van der Waals surface area contributed by atoms with Crippen LogP contribution in [-0.4, -0.2) is 77.2 Å². The third kappa shape index (κ3) is 4.59. The van der Waals surface area contributed by atoms with Gasteiger partial charge >= 0.3 is 0 Å². The van der Waals surface area contributed by atoms with Crippen molar-refractivity contribution in [1.29, 1.82) is 0 Å². The molecule has 1 aromatic rings. The van der Waals surface area contributed by atoms with Crippen LogP contribution in [-0.2, 0) is 0 Å². The maximum absolute atomic E-state index is 4.92. The van der Waals surface area contributed by atoms with Crippen LogP contribution in [0.4, 0.5) is 11.8 Å². The standard InChI is InChI=1S/C24H40N6/c1-28-20-9-10-21(28)17-22(16-20)30-15-7-4-8-19(18-30)26-24-25-12-11-23(27-24)29-13-5-2-3-6-14-29/h11-12,19-22H,2-10,13-18H2,1H3,(H,25,26,27)/t19?,20-,21+,22?. The molecule has 0 saturated carbocycles. The number of hydrogen-bond donors (Lipinski definition) is 1. The number of anilines is 2. The van der Waals surface area contributed by atoms with Gasteiger partial charge in [0.2, 0.25) is 5.95 Å². The zero-order valence-corrected chi connectivity index (χ0v) is 18.8. The summed E-state index contributed by atoms with van der Waals surface area (Å²) in [4.78, 5) is 17.4. The topological polar surface area (TPSA) is 47.5 Å². The number of rotatable bonds is 4. The largest absolute Gasteiger partial charge is 0.356 e. The van der Waals surface area contributed by atoms with E-state index in [0.29, 0.717) is 6.04 Å². The number of fused-ring (bicyclic) bond motifs is 2. The molecule has 4 atom stereocenters. The van der Waals surface area contributed by atoms with Crippen molar-refractivity contribution in [2.75, 3.05) is 43.4 Å². The molecule has 0 aromatic carbocycles. The Morgan fingerprint density at radius 2 is 1.60 bits per heavy atom. The zero-order chi connectivity index (χ0) is 20.3. The van der Waals surface area contributed by atoms with Crippen molar-refractivity contribution in [2.24, 2.45) is 0 Å². The van der Waals surface area contributed by atoms with E-state index in [1.54, 1.807) is 0 Å². The van der Waals surface area contributed by atoms with Gasteiger partial charge in [-0.3, -0.25) is 4.90 Å². The molecule has 2 bridgehead atoms. The summed E-state index contributed by atoms with van der Waals surface area (Å²) in [5.41, 5.74) is 0. The smallest absolute Gasteiger partial charge is 0.224 e. The highest BCUT2D eigenvalue weighted by Gasteiger charge is 2.40. The molecule has 4 fully saturated rings. The van der Waals surface area contributed by atoms with Crippen molar-refractivity contribution in [2.45, 2.75) is 94.8 Å². The average Bonchev–Trinajstić information content (AvgIpc) is 3.09. The minimum atomic E-state index is 0.462. The second-order valence-corrected chi connectivity index (χ2v) is 10.1. The van der Waals surface area contributed by atoms with Gasteiger partial charge in [-0.2, -0.15) is 4.98 Å².